The number of quaternary nitrogens is 1. The summed E-state index contributed by atoms with van der Waals surface area (Å²) in [6.07, 6.45) is 77.6. The maximum Gasteiger partial charge on any atom is 0.306 e. The summed E-state index contributed by atoms with van der Waals surface area (Å²) in [5, 5.41) is 11.8. The molecule has 0 aliphatic rings. The molecule has 0 aliphatic carbocycles. The number of carbonyl (C=O) groups excluding carboxylic acids is 3. The summed E-state index contributed by atoms with van der Waals surface area (Å²) in [7, 11) is 5.92. The van der Waals surface area contributed by atoms with Crippen molar-refractivity contribution in [1.82, 2.24) is 0 Å². The van der Waals surface area contributed by atoms with Crippen LogP contribution in [0, 0.1) is 0 Å². The first-order chi connectivity index (χ1) is 38.1. The van der Waals surface area contributed by atoms with Crippen molar-refractivity contribution in [3.05, 3.63) is 97.2 Å². The van der Waals surface area contributed by atoms with Crippen LogP contribution in [0.15, 0.2) is 97.2 Å². The molecule has 0 rings (SSSR count). The number of carboxylic acid groups (broad SMARTS) is 1. The van der Waals surface area contributed by atoms with Crippen LogP contribution in [0.25, 0.3) is 0 Å². The number of hydrogen-bond acceptors (Lipinski definition) is 8. The van der Waals surface area contributed by atoms with Gasteiger partial charge in [0.25, 0.3) is 0 Å². The van der Waals surface area contributed by atoms with Gasteiger partial charge in [-0.05, 0) is 96.3 Å². The van der Waals surface area contributed by atoms with E-state index < -0.39 is 24.3 Å². The highest BCUT2D eigenvalue weighted by Crippen LogP contribution is 2.16. The summed E-state index contributed by atoms with van der Waals surface area (Å²) in [5.41, 5.74) is 0. The number of esters is 2. The van der Waals surface area contributed by atoms with Crippen LogP contribution >= 0.6 is 0 Å². The molecule has 0 aromatic rings. The van der Waals surface area contributed by atoms with Gasteiger partial charge in [-0.3, -0.25) is 9.59 Å². The number of carbonyl (C=O) groups is 3. The van der Waals surface area contributed by atoms with Gasteiger partial charge in [-0.15, -0.1) is 0 Å². The van der Waals surface area contributed by atoms with Gasteiger partial charge in [0, 0.05) is 12.8 Å². The van der Waals surface area contributed by atoms with Gasteiger partial charge in [-0.2, -0.15) is 0 Å². The average molecular weight is 1090 g/mol. The third-order valence-electron chi connectivity index (χ3n) is 13.6. The Bertz CT molecular complexity index is 1600. The molecule has 9 heteroatoms. The van der Waals surface area contributed by atoms with Crippen molar-refractivity contribution >= 4 is 17.9 Å². The van der Waals surface area contributed by atoms with Gasteiger partial charge in [0.1, 0.15) is 13.2 Å². The minimum Gasteiger partial charge on any atom is -0.545 e. The van der Waals surface area contributed by atoms with E-state index in [0.29, 0.717) is 17.4 Å². The third kappa shape index (κ3) is 59.9. The van der Waals surface area contributed by atoms with Crippen LogP contribution in [0.3, 0.4) is 0 Å². The fourth-order valence-corrected chi connectivity index (χ4v) is 8.69. The fraction of sp³-hybridized carbons (Fsp3) is 0.725. The maximum absolute atomic E-state index is 12.9. The van der Waals surface area contributed by atoms with Crippen molar-refractivity contribution < 1.29 is 42.9 Å². The van der Waals surface area contributed by atoms with E-state index in [1.165, 1.54) is 128 Å². The second-order valence-electron chi connectivity index (χ2n) is 22.3. The van der Waals surface area contributed by atoms with Gasteiger partial charge in [-0.1, -0.05) is 252 Å². The Morgan fingerprint density at radius 2 is 0.731 bits per heavy atom. The van der Waals surface area contributed by atoms with Crippen LogP contribution in [0.5, 0.6) is 0 Å². The minimum atomic E-state index is -1.63. The minimum absolute atomic E-state index is 0.143. The Kier molecular flexibility index (Phi) is 56.5. The van der Waals surface area contributed by atoms with E-state index in [0.717, 1.165) is 103 Å². The van der Waals surface area contributed by atoms with Crippen molar-refractivity contribution in [2.45, 2.75) is 277 Å². The van der Waals surface area contributed by atoms with Crippen LogP contribution in [0.1, 0.15) is 264 Å². The van der Waals surface area contributed by atoms with Crippen LogP contribution in [-0.2, 0) is 33.3 Å². The summed E-state index contributed by atoms with van der Waals surface area (Å²) >= 11 is 0. The summed E-state index contributed by atoms with van der Waals surface area (Å²) in [5.74, 6) is -2.30. The van der Waals surface area contributed by atoms with Crippen molar-refractivity contribution in [2.24, 2.45) is 0 Å². The molecule has 9 nitrogen and oxygen atoms in total. The molecule has 448 valence electrons. The highest BCUT2D eigenvalue weighted by Gasteiger charge is 2.22. The van der Waals surface area contributed by atoms with Crippen LogP contribution in [0.2, 0.25) is 0 Å². The predicted octanol–water partition coefficient (Wildman–Crippen LogP) is 18.0. The lowest BCUT2D eigenvalue weighted by Gasteiger charge is -2.26. The third-order valence-corrected chi connectivity index (χ3v) is 13.6. The Hall–Kier alpha value is -3.79. The van der Waals surface area contributed by atoms with Gasteiger partial charge in [0.05, 0.1) is 40.3 Å². The molecule has 0 heterocycles. The second-order valence-corrected chi connectivity index (χ2v) is 22.3. The smallest absolute Gasteiger partial charge is 0.306 e. The molecule has 78 heavy (non-hydrogen) atoms. The van der Waals surface area contributed by atoms with Gasteiger partial charge >= 0.3 is 11.9 Å². The molecule has 0 radical (unpaired) electrons. The highest BCUT2D eigenvalue weighted by molar-refractivity contribution is 5.70. The lowest BCUT2D eigenvalue weighted by Crippen LogP contribution is -2.44. The molecule has 0 aliphatic heterocycles. The van der Waals surface area contributed by atoms with Gasteiger partial charge in [-0.25, -0.2) is 0 Å². The highest BCUT2D eigenvalue weighted by atomic mass is 16.7. The molecule has 0 N–H and O–H groups in total. The van der Waals surface area contributed by atoms with Crippen molar-refractivity contribution in [1.29, 1.82) is 0 Å². The number of rotatable bonds is 58. The summed E-state index contributed by atoms with van der Waals surface area (Å²) in [6, 6.07) is 0. The van der Waals surface area contributed by atoms with E-state index in [4.69, 9.17) is 18.9 Å². The van der Waals surface area contributed by atoms with Gasteiger partial charge in [0.2, 0.25) is 0 Å². The molecular formula is C69H119NO8. The molecule has 2 unspecified atom stereocenters. The van der Waals surface area contributed by atoms with Gasteiger partial charge < -0.3 is 33.3 Å². The molecule has 0 bridgehead atoms. The SMILES string of the molecule is CC/C=C\C/C=C\C/C=C\C/C=C\C/C=C\C/C=C\CCCCCCCCCCCCCCCCCCCCC(=O)OC(COC(=O)CCCCCCC/C=C\C/C=C\CCCCCC)COC(OCC[N+](C)(C)C)C(=O)[O-]. The maximum atomic E-state index is 12.9. The summed E-state index contributed by atoms with van der Waals surface area (Å²) in [6.45, 7) is 4.61. The van der Waals surface area contributed by atoms with Crippen molar-refractivity contribution in [3.8, 4) is 0 Å². The monoisotopic (exact) mass is 1090 g/mol. The number of allylic oxidation sites excluding steroid dienone is 16. The zero-order valence-electron chi connectivity index (χ0n) is 51.0. The number of unbranched alkanes of at least 4 members (excludes halogenated alkanes) is 27. The normalized spacial score (nSPS) is 13.4. The first-order valence-electron chi connectivity index (χ1n) is 31.9. The van der Waals surface area contributed by atoms with Crippen molar-refractivity contribution in [3.63, 3.8) is 0 Å². The van der Waals surface area contributed by atoms with E-state index in [9.17, 15) is 19.5 Å². The molecule has 0 aromatic heterocycles. The van der Waals surface area contributed by atoms with Crippen LogP contribution in [-0.4, -0.2) is 82.3 Å². The molecule has 0 fully saturated rings. The Morgan fingerprint density at radius 3 is 1.09 bits per heavy atom. The van der Waals surface area contributed by atoms with Crippen LogP contribution < -0.4 is 5.11 Å². The fourth-order valence-electron chi connectivity index (χ4n) is 8.69. The molecule has 0 amide bonds. The quantitative estimate of drug-likeness (QED) is 0.0195. The lowest BCUT2D eigenvalue weighted by molar-refractivity contribution is -0.870. The van der Waals surface area contributed by atoms with Crippen LogP contribution in [0.4, 0.5) is 0 Å². The van der Waals surface area contributed by atoms with E-state index in [1.54, 1.807) is 0 Å². The Morgan fingerprint density at radius 1 is 0.397 bits per heavy atom. The molecule has 2 atom stereocenters. The van der Waals surface area contributed by atoms with Crippen molar-refractivity contribution in [2.75, 3.05) is 47.5 Å². The first-order valence-corrected chi connectivity index (χ1v) is 31.9. The number of aliphatic carboxylic acids is 1. The molecule has 0 saturated carbocycles. The molecule has 0 aromatic carbocycles. The first kappa shape index (κ1) is 74.2. The Labute approximate surface area is 480 Å². The molecule has 0 spiro atoms. The Balaban J connectivity index is 4.08. The van der Waals surface area contributed by atoms with E-state index >= 15 is 0 Å². The topological polar surface area (TPSA) is 111 Å². The van der Waals surface area contributed by atoms with E-state index in [-0.39, 0.29) is 38.6 Å². The summed E-state index contributed by atoms with van der Waals surface area (Å²) < 4.78 is 22.7. The van der Waals surface area contributed by atoms with E-state index in [1.807, 2.05) is 21.1 Å². The number of hydrogen-bond donors (Lipinski definition) is 0. The predicted molar refractivity (Wildman–Crippen MR) is 329 cm³/mol. The molecular weight excluding hydrogens is 971 g/mol. The standard InChI is InChI=1S/C69H119NO8/c1-6-8-10-12-14-16-18-20-22-24-25-26-27-28-29-30-31-32-33-34-35-36-37-38-39-40-41-42-43-44-46-48-50-52-54-56-58-60-67(72)78-65(64-77-69(68(73)74)75-62-61-70(3,4)5)63-76-66(71)59-57-55-53-51-49-47-45-23-21-19-17-15-13-11-9-7-2/h8,10,14,16-17,19-20,22-23,25-26,28-29,31-32,45,65,69H,6-7,9,11-13,15,18,21,24,27,30,33-44,46-64H2,1-5H3/b10-8-,16-14-,19-17-,22-20-,26-25-,29-28-,32-31-,45-23-. The lowest BCUT2D eigenvalue weighted by atomic mass is 10.0. The largest absolute Gasteiger partial charge is 0.545 e. The number of carboxylic acids is 1. The van der Waals surface area contributed by atoms with E-state index in [2.05, 4.69) is 111 Å². The zero-order chi connectivity index (χ0) is 56.9. The molecule has 0 saturated heterocycles. The number of ether oxygens (including phenoxy) is 4. The average Bonchev–Trinajstić information content (AvgIpc) is 3.41. The second kappa shape index (κ2) is 59.3. The number of likely N-dealkylation sites (N-methyl/N-ethyl adjacent to an activating group) is 1. The van der Waals surface area contributed by atoms with Gasteiger partial charge in [0.15, 0.2) is 12.4 Å². The summed E-state index contributed by atoms with van der Waals surface area (Å²) in [4.78, 5) is 37.3. The zero-order valence-corrected chi connectivity index (χ0v) is 51.0. The number of nitrogens with zero attached hydrogens (tertiary/aromatic N) is 1.